The SMILES string of the molecule is Nc1cc(C(=O)O)cnc1Nc1ccc(F)c(F)c1. The largest absolute Gasteiger partial charge is 0.478 e. The number of benzene rings is 1. The first-order chi connectivity index (χ1) is 8.97. The van der Waals surface area contributed by atoms with Crippen LogP contribution in [0.25, 0.3) is 0 Å². The average Bonchev–Trinajstić information content (AvgIpc) is 2.36. The molecule has 0 aliphatic carbocycles. The summed E-state index contributed by atoms with van der Waals surface area (Å²) in [5.74, 6) is -2.96. The molecule has 19 heavy (non-hydrogen) atoms. The van der Waals surface area contributed by atoms with Crippen molar-refractivity contribution in [2.45, 2.75) is 0 Å². The zero-order valence-corrected chi connectivity index (χ0v) is 9.52. The van der Waals surface area contributed by atoms with E-state index in [4.69, 9.17) is 10.8 Å². The second-order valence-corrected chi connectivity index (χ2v) is 3.72. The molecule has 2 rings (SSSR count). The lowest BCUT2D eigenvalue weighted by Gasteiger charge is -2.09. The highest BCUT2D eigenvalue weighted by atomic mass is 19.2. The number of nitrogen functional groups attached to an aromatic ring is 1. The number of nitrogens with two attached hydrogens (primary N) is 1. The number of nitrogens with one attached hydrogen (secondary N) is 1. The molecule has 1 aromatic heterocycles. The molecule has 4 N–H and O–H groups in total. The summed E-state index contributed by atoms with van der Waals surface area (Å²) in [5, 5.41) is 11.4. The number of aromatic nitrogens is 1. The van der Waals surface area contributed by atoms with E-state index < -0.39 is 17.6 Å². The molecule has 5 nitrogen and oxygen atoms in total. The van der Waals surface area contributed by atoms with Gasteiger partial charge in [0.2, 0.25) is 0 Å². The lowest BCUT2D eigenvalue weighted by Crippen LogP contribution is -2.04. The second-order valence-electron chi connectivity index (χ2n) is 3.72. The van der Waals surface area contributed by atoms with Crippen LogP contribution in [0.2, 0.25) is 0 Å². The van der Waals surface area contributed by atoms with E-state index in [2.05, 4.69) is 10.3 Å². The third-order valence-corrected chi connectivity index (χ3v) is 2.35. The number of anilines is 3. The van der Waals surface area contributed by atoms with E-state index in [0.29, 0.717) is 0 Å². The van der Waals surface area contributed by atoms with E-state index in [0.717, 1.165) is 18.3 Å². The highest BCUT2D eigenvalue weighted by Crippen LogP contribution is 2.22. The minimum absolute atomic E-state index is 0.0617. The number of aromatic carboxylic acids is 1. The topological polar surface area (TPSA) is 88.2 Å². The van der Waals surface area contributed by atoms with Gasteiger partial charge in [0.05, 0.1) is 11.3 Å². The molecule has 0 aliphatic heterocycles. The van der Waals surface area contributed by atoms with E-state index in [1.165, 1.54) is 12.1 Å². The van der Waals surface area contributed by atoms with Gasteiger partial charge in [-0.25, -0.2) is 18.6 Å². The standard InChI is InChI=1S/C12H9F2N3O2/c13-8-2-1-7(4-9(8)14)17-11-10(15)3-6(5-16-11)12(18)19/h1-5H,15H2,(H,16,17)(H,18,19). The van der Waals surface area contributed by atoms with Gasteiger partial charge in [-0.15, -0.1) is 0 Å². The number of halogens is 2. The summed E-state index contributed by atoms with van der Waals surface area (Å²) in [6, 6.07) is 4.43. The average molecular weight is 265 g/mol. The van der Waals surface area contributed by atoms with Crippen molar-refractivity contribution < 1.29 is 18.7 Å². The van der Waals surface area contributed by atoms with Crippen molar-refractivity contribution in [3.8, 4) is 0 Å². The highest BCUT2D eigenvalue weighted by molar-refractivity contribution is 5.89. The monoisotopic (exact) mass is 265 g/mol. The first-order valence-electron chi connectivity index (χ1n) is 5.18. The van der Waals surface area contributed by atoms with Crippen molar-refractivity contribution in [1.29, 1.82) is 0 Å². The second kappa shape index (κ2) is 4.89. The lowest BCUT2D eigenvalue weighted by atomic mass is 10.2. The number of nitrogens with zero attached hydrogens (tertiary/aromatic N) is 1. The molecule has 0 aliphatic rings. The third-order valence-electron chi connectivity index (χ3n) is 2.35. The number of pyridine rings is 1. The van der Waals surface area contributed by atoms with Crippen LogP contribution in [-0.4, -0.2) is 16.1 Å². The van der Waals surface area contributed by atoms with Crippen molar-refractivity contribution in [2.75, 3.05) is 11.1 Å². The van der Waals surface area contributed by atoms with Crippen LogP contribution in [0, 0.1) is 11.6 Å². The molecule has 0 atom stereocenters. The molecular weight excluding hydrogens is 256 g/mol. The van der Waals surface area contributed by atoms with Crippen molar-refractivity contribution in [3.05, 3.63) is 47.7 Å². The Hall–Kier alpha value is -2.70. The Kier molecular flexibility index (Phi) is 3.28. The summed E-state index contributed by atoms with van der Waals surface area (Å²) >= 11 is 0. The Labute approximate surface area is 106 Å². The normalized spacial score (nSPS) is 10.2. The highest BCUT2D eigenvalue weighted by Gasteiger charge is 2.09. The quantitative estimate of drug-likeness (QED) is 0.793. The Morgan fingerprint density at radius 3 is 2.58 bits per heavy atom. The Morgan fingerprint density at radius 2 is 2.00 bits per heavy atom. The maximum atomic E-state index is 13.0. The first-order valence-corrected chi connectivity index (χ1v) is 5.18. The van der Waals surface area contributed by atoms with E-state index in [1.54, 1.807) is 0 Å². The van der Waals surface area contributed by atoms with Crippen LogP contribution in [0.3, 0.4) is 0 Å². The van der Waals surface area contributed by atoms with Gasteiger partial charge in [-0.05, 0) is 18.2 Å². The Balaban J connectivity index is 2.28. The lowest BCUT2D eigenvalue weighted by molar-refractivity contribution is 0.0696. The number of hydrogen-bond donors (Lipinski definition) is 3. The summed E-state index contributed by atoms with van der Waals surface area (Å²) < 4.78 is 25.8. The fourth-order valence-electron chi connectivity index (χ4n) is 1.41. The summed E-state index contributed by atoms with van der Waals surface area (Å²) in [6.07, 6.45) is 1.11. The Morgan fingerprint density at radius 1 is 1.26 bits per heavy atom. The van der Waals surface area contributed by atoms with E-state index in [1.807, 2.05) is 0 Å². The molecule has 0 radical (unpaired) electrons. The number of hydrogen-bond acceptors (Lipinski definition) is 4. The molecule has 98 valence electrons. The van der Waals surface area contributed by atoms with Crippen LogP contribution < -0.4 is 11.1 Å². The van der Waals surface area contributed by atoms with Gasteiger partial charge < -0.3 is 16.2 Å². The maximum Gasteiger partial charge on any atom is 0.337 e. The van der Waals surface area contributed by atoms with E-state index in [9.17, 15) is 13.6 Å². The summed E-state index contributed by atoms with van der Waals surface area (Å²) in [6.45, 7) is 0. The first kappa shape index (κ1) is 12.7. The zero-order chi connectivity index (χ0) is 14.0. The summed E-state index contributed by atoms with van der Waals surface area (Å²) in [4.78, 5) is 14.5. The summed E-state index contributed by atoms with van der Waals surface area (Å²) in [5.41, 5.74) is 5.90. The molecule has 2 aromatic rings. The van der Waals surface area contributed by atoms with Gasteiger partial charge in [0.1, 0.15) is 0 Å². The van der Waals surface area contributed by atoms with Crippen LogP contribution >= 0.6 is 0 Å². The van der Waals surface area contributed by atoms with Crippen molar-refractivity contribution >= 4 is 23.2 Å². The summed E-state index contributed by atoms with van der Waals surface area (Å²) in [7, 11) is 0. The van der Waals surface area contributed by atoms with E-state index in [-0.39, 0.29) is 22.8 Å². The minimum Gasteiger partial charge on any atom is -0.478 e. The number of carbonyl (C=O) groups is 1. The molecule has 1 heterocycles. The van der Waals surface area contributed by atoms with Crippen LogP contribution in [0.5, 0.6) is 0 Å². The van der Waals surface area contributed by atoms with Crippen LogP contribution in [-0.2, 0) is 0 Å². The number of carboxylic acids is 1. The van der Waals surface area contributed by atoms with Gasteiger partial charge in [-0.2, -0.15) is 0 Å². The maximum absolute atomic E-state index is 13.0. The predicted octanol–water partition coefficient (Wildman–Crippen LogP) is 2.38. The molecule has 7 heteroatoms. The fourth-order valence-corrected chi connectivity index (χ4v) is 1.41. The molecule has 0 fully saturated rings. The molecule has 0 saturated carbocycles. The van der Waals surface area contributed by atoms with Crippen LogP contribution in [0.1, 0.15) is 10.4 Å². The van der Waals surface area contributed by atoms with Gasteiger partial charge in [-0.3, -0.25) is 0 Å². The van der Waals surface area contributed by atoms with Gasteiger partial charge >= 0.3 is 5.97 Å². The van der Waals surface area contributed by atoms with Crippen molar-refractivity contribution in [2.24, 2.45) is 0 Å². The molecule has 0 saturated heterocycles. The van der Waals surface area contributed by atoms with E-state index >= 15 is 0 Å². The van der Waals surface area contributed by atoms with Crippen molar-refractivity contribution in [3.63, 3.8) is 0 Å². The van der Waals surface area contributed by atoms with Crippen molar-refractivity contribution in [1.82, 2.24) is 4.98 Å². The third kappa shape index (κ3) is 2.76. The molecule has 0 unspecified atom stereocenters. The number of carboxylic acid groups (broad SMARTS) is 1. The van der Waals surface area contributed by atoms with Gasteiger partial charge in [0, 0.05) is 18.0 Å². The van der Waals surface area contributed by atoms with Gasteiger partial charge in [-0.1, -0.05) is 0 Å². The molecule has 0 spiro atoms. The van der Waals surface area contributed by atoms with Gasteiger partial charge in [0.15, 0.2) is 17.5 Å². The molecule has 0 amide bonds. The fraction of sp³-hybridized carbons (Fsp3) is 0. The Bertz CT molecular complexity index is 647. The smallest absolute Gasteiger partial charge is 0.337 e. The molecule has 1 aromatic carbocycles. The van der Waals surface area contributed by atoms with Crippen LogP contribution in [0.4, 0.5) is 26.0 Å². The predicted molar refractivity (Wildman–Crippen MR) is 65.2 cm³/mol. The number of rotatable bonds is 3. The molecular formula is C12H9F2N3O2. The molecule has 0 bridgehead atoms. The zero-order valence-electron chi connectivity index (χ0n) is 9.52. The minimum atomic E-state index is -1.15. The van der Waals surface area contributed by atoms with Gasteiger partial charge in [0.25, 0.3) is 0 Å². The van der Waals surface area contributed by atoms with Crippen LogP contribution in [0.15, 0.2) is 30.5 Å².